The van der Waals surface area contributed by atoms with Crippen LogP contribution in [0, 0.1) is 5.41 Å². The van der Waals surface area contributed by atoms with E-state index in [2.05, 4.69) is 10.6 Å². The van der Waals surface area contributed by atoms with Gasteiger partial charge in [-0.15, -0.1) is 12.4 Å². The quantitative estimate of drug-likeness (QED) is 0.772. The minimum Gasteiger partial charge on any atom is -0.469 e. The minimum atomic E-state index is -0.642. The largest absolute Gasteiger partial charge is 0.469 e. The van der Waals surface area contributed by atoms with E-state index in [1.165, 1.54) is 7.11 Å². The molecule has 1 saturated heterocycles. The summed E-state index contributed by atoms with van der Waals surface area (Å²) in [7, 11) is 1.37. The Bertz CT molecular complexity index is 336. The van der Waals surface area contributed by atoms with Crippen molar-refractivity contribution in [2.45, 2.75) is 39.2 Å². The molecule has 1 aliphatic rings. The molecule has 7 heteroatoms. The number of esters is 1. The monoisotopic (exact) mass is 308 g/mol. The molecule has 118 valence electrons. The molecule has 1 heterocycles. The van der Waals surface area contributed by atoms with Crippen LogP contribution in [0.5, 0.6) is 0 Å². The van der Waals surface area contributed by atoms with Crippen LogP contribution in [0.25, 0.3) is 0 Å². The topological polar surface area (TPSA) is 76.7 Å². The molecule has 1 amide bonds. The lowest BCUT2D eigenvalue weighted by atomic mass is 9.79. The maximum absolute atomic E-state index is 11.9. The van der Waals surface area contributed by atoms with E-state index in [1.807, 2.05) is 0 Å². The van der Waals surface area contributed by atoms with Crippen LogP contribution in [0.3, 0.4) is 0 Å². The molecule has 1 rings (SSSR count). The number of methoxy groups -OCH3 is 1. The molecule has 0 aliphatic carbocycles. The van der Waals surface area contributed by atoms with E-state index in [1.54, 1.807) is 20.8 Å². The Hall–Kier alpha value is -1.01. The summed E-state index contributed by atoms with van der Waals surface area (Å²) in [5.41, 5.74) is -1.19. The van der Waals surface area contributed by atoms with E-state index in [4.69, 9.17) is 9.47 Å². The zero-order valence-electron chi connectivity index (χ0n) is 12.6. The molecule has 0 unspecified atom stereocenters. The third-order valence-corrected chi connectivity index (χ3v) is 3.15. The highest BCUT2D eigenvalue weighted by Gasteiger charge is 2.41. The van der Waals surface area contributed by atoms with Crippen molar-refractivity contribution < 1.29 is 19.1 Å². The highest BCUT2D eigenvalue weighted by molar-refractivity contribution is 5.85. The molecule has 6 nitrogen and oxygen atoms in total. The molecule has 0 radical (unpaired) electrons. The lowest BCUT2D eigenvalue weighted by Crippen LogP contribution is -2.50. The van der Waals surface area contributed by atoms with Crippen molar-refractivity contribution in [3.05, 3.63) is 0 Å². The molecule has 20 heavy (non-hydrogen) atoms. The highest BCUT2D eigenvalue weighted by atomic mass is 35.5. The number of carbonyl (C=O) groups is 2. The fourth-order valence-electron chi connectivity index (χ4n) is 2.13. The normalized spacial score (nSPS) is 17.6. The number of rotatable bonds is 3. The molecule has 0 atom stereocenters. The summed E-state index contributed by atoms with van der Waals surface area (Å²) in [5.74, 6) is -0.273. The molecule has 0 aromatic carbocycles. The third-order valence-electron chi connectivity index (χ3n) is 3.15. The SMILES string of the molecule is COC(=O)C1(CNC(=O)OC(C)(C)C)CCNCC1.Cl. The molecule has 0 aromatic rings. The van der Waals surface area contributed by atoms with Gasteiger partial charge in [-0.3, -0.25) is 4.79 Å². The summed E-state index contributed by atoms with van der Waals surface area (Å²) in [6.45, 7) is 7.13. The smallest absolute Gasteiger partial charge is 0.407 e. The van der Waals surface area contributed by atoms with Gasteiger partial charge in [0.2, 0.25) is 0 Å². The van der Waals surface area contributed by atoms with Gasteiger partial charge in [0, 0.05) is 6.54 Å². The van der Waals surface area contributed by atoms with Crippen LogP contribution in [0.1, 0.15) is 33.6 Å². The summed E-state index contributed by atoms with van der Waals surface area (Å²) < 4.78 is 10.0. The fraction of sp³-hybridized carbons (Fsp3) is 0.846. The summed E-state index contributed by atoms with van der Waals surface area (Å²) in [6, 6.07) is 0. The first-order valence-electron chi connectivity index (χ1n) is 6.55. The molecule has 2 N–H and O–H groups in total. The third kappa shape index (κ3) is 5.54. The second kappa shape index (κ2) is 7.69. The van der Waals surface area contributed by atoms with Crippen molar-refractivity contribution in [2.24, 2.45) is 5.41 Å². The summed E-state index contributed by atoms with van der Waals surface area (Å²) in [4.78, 5) is 23.6. The first-order chi connectivity index (χ1) is 8.79. The molecular formula is C13H25ClN2O4. The average molecular weight is 309 g/mol. The number of hydrogen-bond donors (Lipinski definition) is 2. The Kier molecular flexibility index (Phi) is 7.30. The van der Waals surface area contributed by atoms with Gasteiger partial charge in [0.1, 0.15) is 5.60 Å². The molecular weight excluding hydrogens is 284 g/mol. The minimum absolute atomic E-state index is 0. The molecule has 0 bridgehead atoms. The Morgan fingerprint density at radius 1 is 1.25 bits per heavy atom. The summed E-state index contributed by atoms with van der Waals surface area (Å²) in [6.07, 6.45) is 0.791. The van der Waals surface area contributed by atoms with Crippen LogP contribution >= 0.6 is 12.4 Å². The number of halogens is 1. The number of nitrogens with one attached hydrogen (secondary N) is 2. The fourth-order valence-corrected chi connectivity index (χ4v) is 2.13. The van der Waals surface area contributed by atoms with Gasteiger partial charge >= 0.3 is 12.1 Å². The Labute approximate surface area is 126 Å². The molecule has 0 aromatic heterocycles. The molecule has 0 saturated carbocycles. The van der Waals surface area contributed by atoms with Gasteiger partial charge < -0.3 is 20.1 Å². The molecule has 0 spiro atoms. The van der Waals surface area contributed by atoms with Crippen molar-refractivity contribution >= 4 is 24.5 Å². The van der Waals surface area contributed by atoms with Crippen LogP contribution in [0.2, 0.25) is 0 Å². The van der Waals surface area contributed by atoms with Gasteiger partial charge in [-0.1, -0.05) is 0 Å². The Balaban J connectivity index is 0.00000361. The van der Waals surface area contributed by atoms with Crippen molar-refractivity contribution in [2.75, 3.05) is 26.7 Å². The van der Waals surface area contributed by atoms with Gasteiger partial charge in [-0.2, -0.15) is 0 Å². The van der Waals surface area contributed by atoms with E-state index in [-0.39, 0.29) is 24.9 Å². The number of piperidine rings is 1. The van der Waals surface area contributed by atoms with Gasteiger partial charge in [-0.05, 0) is 46.7 Å². The van der Waals surface area contributed by atoms with E-state index in [0.29, 0.717) is 12.8 Å². The molecule has 1 fully saturated rings. The number of carbonyl (C=O) groups excluding carboxylic acids is 2. The Morgan fingerprint density at radius 2 is 1.80 bits per heavy atom. The maximum atomic E-state index is 11.9. The first kappa shape index (κ1) is 19.0. The second-order valence-electron chi connectivity index (χ2n) is 5.88. The van der Waals surface area contributed by atoms with Crippen molar-refractivity contribution in [3.63, 3.8) is 0 Å². The lowest BCUT2D eigenvalue weighted by molar-refractivity contribution is -0.154. The van der Waals surface area contributed by atoms with Crippen molar-refractivity contribution in [3.8, 4) is 0 Å². The lowest BCUT2D eigenvalue weighted by Gasteiger charge is -2.35. The van der Waals surface area contributed by atoms with Crippen LogP contribution in [0.15, 0.2) is 0 Å². The number of amides is 1. The maximum Gasteiger partial charge on any atom is 0.407 e. The first-order valence-corrected chi connectivity index (χ1v) is 6.55. The standard InChI is InChI=1S/C13H24N2O4.ClH/c1-12(2,3)19-11(17)15-9-13(10(16)18-4)5-7-14-8-6-13;/h14H,5-9H2,1-4H3,(H,15,17);1H. The molecule has 1 aliphatic heterocycles. The van der Waals surface area contributed by atoms with Crippen LogP contribution < -0.4 is 10.6 Å². The van der Waals surface area contributed by atoms with Crippen molar-refractivity contribution in [1.29, 1.82) is 0 Å². The van der Waals surface area contributed by atoms with Gasteiger partial charge in [-0.25, -0.2) is 4.79 Å². The van der Waals surface area contributed by atoms with Crippen molar-refractivity contribution in [1.82, 2.24) is 10.6 Å². The zero-order chi connectivity index (χ0) is 14.5. The average Bonchev–Trinajstić information content (AvgIpc) is 2.34. The summed E-state index contributed by atoms with van der Waals surface area (Å²) >= 11 is 0. The highest BCUT2D eigenvalue weighted by Crippen LogP contribution is 2.29. The second-order valence-corrected chi connectivity index (χ2v) is 5.88. The van der Waals surface area contributed by atoms with Crippen LogP contribution in [0.4, 0.5) is 4.79 Å². The predicted molar refractivity (Wildman–Crippen MR) is 78.0 cm³/mol. The van der Waals surface area contributed by atoms with Gasteiger partial charge in [0.15, 0.2) is 0 Å². The van der Waals surface area contributed by atoms with E-state index >= 15 is 0 Å². The summed E-state index contributed by atoms with van der Waals surface area (Å²) in [5, 5.41) is 5.87. The van der Waals surface area contributed by atoms with E-state index in [0.717, 1.165) is 13.1 Å². The van der Waals surface area contributed by atoms with Crippen LogP contribution in [-0.2, 0) is 14.3 Å². The van der Waals surface area contributed by atoms with Gasteiger partial charge in [0.05, 0.1) is 12.5 Å². The number of ether oxygens (including phenoxy) is 2. The van der Waals surface area contributed by atoms with E-state index in [9.17, 15) is 9.59 Å². The predicted octanol–water partition coefficient (Wildman–Crippen LogP) is 1.48. The van der Waals surface area contributed by atoms with E-state index < -0.39 is 17.1 Å². The number of hydrogen-bond acceptors (Lipinski definition) is 5. The number of alkyl carbamates (subject to hydrolysis) is 1. The van der Waals surface area contributed by atoms with Crippen LogP contribution in [-0.4, -0.2) is 44.4 Å². The Morgan fingerprint density at radius 3 is 2.25 bits per heavy atom. The van der Waals surface area contributed by atoms with Gasteiger partial charge in [0.25, 0.3) is 0 Å². The zero-order valence-corrected chi connectivity index (χ0v) is 13.4.